The van der Waals surface area contributed by atoms with Crippen molar-refractivity contribution in [3.8, 4) is 5.75 Å². The van der Waals surface area contributed by atoms with Crippen LogP contribution in [0.2, 0.25) is 0 Å². The van der Waals surface area contributed by atoms with E-state index in [-0.39, 0.29) is 11.4 Å². The fourth-order valence-electron chi connectivity index (χ4n) is 3.09. The number of hydrogen-bond donors (Lipinski definition) is 2. The molecule has 1 saturated heterocycles. The minimum absolute atomic E-state index is 0.0317. The van der Waals surface area contributed by atoms with Crippen LogP contribution in [0.15, 0.2) is 0 Å². The van der Waals surface area contributed by atoms with E-state index in [1.807, 2.05) is 0 Å². The minimum atomic E-state index is -0.628. The van der Waals surface area contributed by atoms with Gasteiger partial charge in [-0.3, -0.25) is 0 Å². The van der Waals surface area contributed by atoms with Crippen molar-refractivity contribution in [2.75, 3.05) is 13.1 Å². The maximum Gasteiger partial charge on any atom is 0.361 e. The van der Waals surface area contributed by atoms with Crippen molar-refractivity contribution in [3.05, 3.63) is 17.2 Å². The van der Waals surface area contributed by atoms with E-state index in [1.165, 1.54) is 19.3 Å². The van der Waals surface area contributed by atoms with Gasteiger partial charge in [-0.2, -0.15) is 0 Å². The molecular weight excluding hydrogens is 318 g/mol. The number of aryl methyl sites for hydroxylation is 2. The van der Waals surface area contributed by atoms with Gasteiger partial charge in [0.25, 0.3) is 0 Å². The van der Waals surface area contributed by atoms with Crippen molar-refractivity contribution in [2.24, 2.45) is 5.92 Å². The Bertz CT molecular complexity index is 590. The summed E-state index contributed by atoms with van der Waals surface area (Å²) in [6.07, 6.45) is 6.59. The van der Waals surface area contributed by atoms with E-state index in [2.05, 4.69) is 15.3 Å². The van der Waals surface area contributed by atoms with Gasteiger partial charge in [-0.15, -0.1) is 0 Å². The second-order valence-electron chi connectivity index (χ2n) is 7.86. The first-order valence-corrected chi connectivity index (χ1v) is 9.27. The molecule has 1 aliphatic rings. The number of esters is 1. The standard InChI is InChI=1S/C19H31N3O3/c1-13-17(23)16(18(24)25-19(2,3)4)22-15(21-13)8-6-5-7-14-9-11-20-12-10-14/h14,20,23H,5-12H2,1-4H3. The fourth-order valence-corrected chi connectivity index (χ4v) is 3.09. The topological polar surface area (TPSA) is 84.3 Å². The Hall–Kier alpha value is -1.69. The Kier molecular flexibility index (Phi) is 6.76. The molecule has 0 atom stereocenters. The zero-order valence-electron chi connectivity index (χ0n) is 15.9. The lowest BCUT2D eigenvalue weighted by Crippen LogP contribution is -2.27. The first-order valence-electron chi connectivity index (χ1n) is 9.27. The molecule has 0 bridgehead atoms. The SMILES string of the molecule is Cc1nc(CCCCC2CCNCC2)nc(C(=O)OC(C)(C)C)c1O. The third kappa shape index (κ3) is 6.27. The van der Waals surface area contributed by atoms with Crippen molar-refractivity contribution in [2.45, 2.75) is 71.8 Å². The number of aromatic hydroxyl groups is 1. The Labute approximate surface area is 150 Å². The Morgan fingerprint density at radius 1 is 1.24 bits per heavy atom. The normalized spacial score (nSPS) is 16.0. The molecule has 0 saturated carbocycles. The molecule has 140 valence electrons. The fraction of sp³-hybridized carbons (Fsp3) is 0.737. The van der Waals surface area contributed by atoms with E-state index in [9.17, 15) is 9.90 Å². The molecule has 0 unspecified atom stereocenters. The van der Waals surface area contributed by atoms with Crippen LogP contribution in [0.5, 0.6) is 5.75 Å². The number of rotatable bonds is 6. The summed E-state index contributed by atoms with van der Waals surface area (Å²) in [6, 6.07) is 0. The summed E-state index contributed by atoms with van der Waals surface area (Å²) in [7, 11) is 0. The van der Waals surface area contributed by atoms with E-state index >= 15 is 0 Å². The molecule has 1 aromatic heterocycles. The zero-order chi connectivity index (χ0) is 18.4. The number of carbonyl (C=O) groups excluding carboxylic acids is 1. The van der Waals surface area contributed by atoms with Crippen LogP contribution in [0, 0.1) is 12.8 Å². The molecule has 25 heavy (non-hydrogen) atoms. The van der Waals surface area contributed by atoms with Crippen LogP contribution in [-0.4, -0.2) is 39.7 Å². The number of aromatic nitrogens is 2. The highest BCUT2D eigenvalue weighted by molar-refractivity contribution is 5.90. The third-order valence-electron chi connectivity index (χ3n) is 4.42. The molecule has 1 aliphatic heterocycles. The first kappa shape index (κ1) is 19.6. The van der Waals surface area contributed by atoms with Crippen molar-refractivity contribution < 1.29 is 14.6 Å². The van der Waals surface area contributed by atoms with E-state index in [0.29, 0.717) is 17.9 Å². The summed E-state index contributed by atoms with van der Waals surface area (Å²) in [6.45, 7) is 9.31. The van der Waals surface area contributed by atoms with Crippen molar-refractivity contribution in [3.63, 3.8) is 0 Å². The summed E-state index contributed by atoms with van der Waals surface area (Å²) in [5.74, 6) is 0.627. The molecule has 6 nitrogen and oxygen atoms in total. The lowest BCUT2D eigenvalue weighted by Gasteiger charge is -2.22. The number of nitrogens with one attached hydrogen (secondary N) is 1. The Balaban J connectivity index is 1.93. The molecule has 6 heteroatoms. The largest absolute Gasteiger partial charge is 0.504 e. The first-order chi connectivity index (χ1) is 11.8. The average Bonchev–Trinajstić information content (AvgIpc) is 2.54. The molecular formula is C19H31N3O3. The molecule has 2 rings (SSSR count). The van der Waals surface area contributed by atoms with E-state index < -0.39 is 11.6 Å². The highest BCUT2D eigenvalue weighted by Gasteiger charge is 2.24. The van der Waals surface area contributed by atoms with E-state index in [1.54, 1.807) is 27.7 Å². The van der Waals surface area contributed by atoms with Gasteiger partial charge in [0, 0.05) is 6.42 Å². The number of nitrogens with zero attached hydrogens (tertiary/aromatic N) is 2. The summed E-state index contributed by atoms with van der Waals surface area (Å²) < 4.78 is 5.32. The monoisotopic (exact) mass is 349 g/mol. The quantitative estimate of drug-likeness (QED) is 0.606. The number of piperidine rings is 1. The molecule has 0 amide bonds. The van der Waals surface area contributed by atoms with Gasteiger partial charge in [-0.05, 0) is 66.0 Å². The predicted octanol–water partition coefficient (Wildman–Crippen LogP) is 3.16. The summed E-state index contributed by atoms with van der Waals surface area (Å²) >= 11 is 0. The van der Waals surface area contributed by atoms with Crippen LogP contribution in [-0.2, 0) is 11.2 Å². The molecule has 1 fully saturated rings. The van der Waals surface area contributed by atoms with E-state index in [4.69, 9.17) is 4.74 Å². The van der Waals surface area contributed by atoms with Crippen LogP contribution in [0.1, 0.15) is 74.9 Å². The van der Waals surface area contributed by atoms with Crippen molar-refractivity contribution in [1.82, 2.24) is 15.3 Å². The maximum absolute atomic E-state index is 12.2. The van der Waals surface area contributed by atoms with Gasteiger partial charge in [0.2, 0.25) is 0 Å². The molecule has 1 aromatic rings. The van der Waals surface area contributed by atoms with Crippen LogP contribution in [0.4, 0.5) is 0 Å². The van der Waals surface area contributed by atoms with Crippen LogP contribution < -0.4 is 5.32 Å². The minimum Gasteiger partial charge on any atom is -0.504 e. The van der Waals surface area contributed by atoms with Crippen LogP contribution in [0.3, 0.4) is 0 Å². The van der Waals surface area contributed by atoms with Gasteiger partial charge in [0.05, 0.1) is 5.69 Å². The Morgan fingerprint density at radius 2 is 1.92 bits per heavy atom. The summed E-state index contributed by atoms with van der Waals surface area (Å²) in [5.41, 5.74) is -0.239. The predicted molar refractivity (Wildman–Crippen MR) is 96.8 cm³/mol. The van der Waals surface area contributed by atoms with Gasteiger partial charge >= 0.3 is 5.97 Å². The summed E-state index contributed by atoms with van der Waals surface area (Å²) in [5, 5.41) is 13.5. The molecule has 2 N–H and O–H groups in total. The van der Waals surface area contributed by atoms with Crippen molar-refractivity contribution in [1.29, 1.82) is 0 Å². The zero-order valence-corrected chi connectivity index (χ0v) is 15.9. The van der Waals surface area contributed by atoms with Crippen LogP contribution >= 0.6 is 0 Å². The van der Waals surface area contributed by atoms with Gasteiger partial charge < -0.3 is 15.2 Å². The maximum atomic E-state index is 12.2. The number of ether oxygens (including phenoxy) is 1. The molecule has 0 aromatic carbocycles. The molecule has 0 radical (unpaired) electrons. The molecule has 2 heterocycles. The molecule has 0 aliphatic carbocycles. The van der Waals surface area contributed by atoms with Crippen molar-refractivity contribution >= 4 is 5.97 Å². The summed E-state index contributed by atoms with van der Waals surface area (Å²) in [4.78, 5) is 20.8. The third-order valence-corrected chi connectivity index (χ3v) is 4.42. The van der Waals surface area contributed by atoms with Gasteiger partial charge in [0.1, 0.15) is 11.4 Å². The lowest BCUT2D eigenvalue weighted by atomic mass is 9.92. The highest BCUT2D eigenvalue weighted by Crippen LogP contribution is 2.23. The van der Waals surface area contributed by atoms with E-state index in [0.717, 1.165) is 31.8 Å². The highest BCUT2D eigenvalue weighted by atomic mass is 16.6. The second kappa shape index (κ2) is 8.61. The number of hydrogen-bond acceptors (Lipinski definition) is 6. The van der Waals surface area contributed by atoms with Crippen LogP contribution in [0.25, 0.3) is 0 Å². The van der Waals surface area contributed by atoms with Gasteiger partial charge in [-0.25, -0.2) is 14.8 Å². The second-order valence-corrected chi connectivity index (χ2v) is 7.86. The Morgan fingerprint density at radius 3 is 2.56 bits per heavy atom. The van der Waals surface area contributed by atoms with Gasteiger partial charge in [-0.1, -0.05) is 12.8 Å². The average molecular weight is 349 g/mol. The lowest BCUT2D eigenvalue weighted by molar-refractivity contribution is 0.00589. The number of carbonyl (C=O) groups is 1. The smallest absolute Gasteiger partial charge is 0.361 e. The molecule has 0 spiro atoms. The van der Waals surface area contributed by atoms with Gasteiger partial charge in [0.15, 0.2) is 11.4 Å². The number of unbranched alkanes of at least 4 members (excludes halogenated alkanes) is 1.